The summed E-state index contributed by atoms with van der Waals surface area (Å²) in [5, 5.41) is 17.4. The van der Waals surface area contributed by atoms with Crippen LogP contribution in [0.5, 0.6) is 0 Å². The fourth-order valence-electron chi connectivity index (χ4n) is 1.36. The first-order chi connectivity index (χ1) is 7.30. The highest BCUT2D eigenvalue weighted by Gasteiger charge is 2.11. The molecule has 1 aromatic rings. The third kappa shape index (κ3) is 3.57. The summed E-state index contributed by atoms with van der Waals surface area (Å²) in [7, 11) is -4.21. The van der Waals surface area contributed by atoms with Crippen LogP contribution < -0.4 is 0 Å². The summed E-state index contributed by atoms with van der Waals surface area (Å²) in [5.41, 5.74) is 1.51. The number of aliphatic hydroxyl groups is 2. The van der Waals surface area contributed by atoms with Crippen LogP contribution in [0, 0.1) is 6.92 Å². The molecule has 1 aromatic carbocycles. The Bertz CT molecular complexity index is 464. The van der Waals surface area contributed by atoms with Gasteiger partial charge in [-0.25, -0.2) is 0 Å². The van der Waals surface area contributed by atoms with Crippen molar-refractivity contribution in [2.24, 2.45) is 0 Å². The molecule has 0 amide bonds. The average molecular weight is 246 g/mol. The zero-order chi connectivity index (χ0) is 12.3. The van der Waals surface area contributed by atoms with Crippen molar-refractivity contribution in [3.8, 4) is 0 Å². The van der Waals surface area contributed by atoms with Gasteiger partial charge in [-0.15, -0.1) is 0 Å². The molecule has 5 nitrogen and oxygen atoms in total. The van der Waals surface area contributed by atoms with Crippen molar-refractivity contribution >= 4 is 10.1 Å². The molecule has 0 aromatic heterocycles. The Hall–Kier alpha value is -0.950. The molecule has 0 saturated heterocycles. The maximum Gasteiger partial charge on any atom is 0.294 e. The molecule has 90 valence electrons. The zero-order valence-corrected chi connectivity index (χ0v) is 9.61. The van der Waals surface area contributed by atoms with Gasteiger partial charge >= 0.3 is 0 Å². The minimum Gasteiger partial charge on any atom is -0.368 e. The van der Waals surface area contributed by atoms with Crippen LogP contribution in [-0.4, -0.2) is 29.5 Å². The Labute approximate surface area is 94.1 Å². The van der Waals surface area contributed by atoms with Gasteiger partial charge < -0.3 is 10.2 Å². The summed E-state index contributed by atoms with van der Waals surface area (Å²) >= 11 is 0. The van der Waals surface area contributed by atoms with Crippen LogP contribution in [-0.2, 0) is 16.5 Å². The zero-order valence-electron chi connectivity index (χ0n) is 8.79. The van der Waals surface area contributed by atoms with E-state index in [1.807, 2.05) is 0 Å². The SMILES string of the molecule is Cc1ccc(S(=O)(=O)O)cc1CCC(O)O. The molecular weight excluding hydrogens is 232 g/mol. The van der Waals surface area contributed by atoms with Gasteiger partial charge in [-0.1, -0.05) is 6.07 Å². The minimum atomic E-state index is -4.21. The maximum atomic E-state index is 10.9. The van der Waals surface area contributed by atoms with Gasteiger partial charge in [-0.2, -0.15) is 8.42 Å². The molecule has 6 heteroatoms. The molecule has 0 aliphatic rings. The van der Waals surface area contributed by atoms with E-state index >= 15 is 0 Å². The van der Waals surface area contributed by atoms with E-state index < -0.39 is 16.4 Å². The monoisotopic (exact) mass is 246 g/mol. The molecule has 0 saturated carbocycles. The molecule has 0 unspecified atom stereocenters. The van der Waals surface area contributed by atoms with E-state index in [2.05, 4.69) is 0 Å². The summed E-state index contributed by atoms with van der Waals surface area (Å²) in [5.74, 6) is 0. The molecular formula is C10H14O5S. The smallest absolute Gasteiger partial charge is 0.294 e. The lowest BCUT2D eigenvalue weighted by Gasteiger charge is -2.08. The van der Waals surface area contributed by atoms with E-state index in [1.165, 1.54) is 12.1 Å². The molecule has 1 rings (SSSR count). The van der Waals surface area contributed by atoms with Crippen molar-refractivity contribution < 1.29 is 23.2 Å². The van der Waals surface area contributed by atoms with Crippen LogP contribution in [0.3, 0.4) is 0 Å². The van der Waals surface area contributed by atoms with Crippen molar-refractivity contribution in [3.05, 3.63) is 29.3 Å². The van der Waals surface area contributed by atoms with E-state index in [9.17, 15) is 8.42 Å². The largest absolute Gasteiger partial charge is 0.368 e. The van der Waals surface area contributed by atoms with E-state index in [1.54, 1.807) is 13.0 Å². The van der Waals surface area contributed by atoms with Crippen LogP contribution in [0.4, 0.5) is 0 Å². The van der Waals surface area contributed by atoms with Crippen LogP contribution >= 0.6 is 0 Å². The first-order valence-electron chi connectivity index (χ1n) is 4.74. The molecule has 0 bridgehead atoms. The quantitative estimate of drug-likeness (QED) is 0.530. The van der Waals surface area contributed by atoms with E-state index in [-0.39, 0.29) is 11.3 Å². The fraction of sp³-hybridized carbons (Fsp3) is 0.400. The Morgan fingerprint density at radius 3 is 2.44 bits per heavy atom. The summed E-state index contributed by atoms with van der Waals surface area (Å²) in [4.78, 5) is -0.180. The number of hydrogen-bond acceptors (Lipinski definition) is 4. The first-order valence-corrected chi connectivity index (χ1v) is 6.18. The lowest BCUT2D eigenvalue weighted by atomic mass is 10.0. The van der Waals surface area contributed by atoms with Gasteiger partial charge in [0.25, 0.3) is 10.1 Å². The minimum absolute atomic E-state index is 0.121. The Morgan fingerprint density at radius 1 is 1.31 bits per heavy atom. The van der Waals surface area contributed by atoms with Gasteiger partial charge in [0.05, 0.1) is 4.90 Å². The highest BCUT2D eigenvalue weighted by molar-refractivity contribution is 7.85. The number of benzene rings is 1. The first kappa shape index (κ1) is 13.1. The summed E-state index contributed by atoms with van der Waals surface area (Å²) < 4.78 is 30.6. The van der Waals surface area contributed by atoms with Crippen LogP contribution in [0.25, 0.3) is 0 Å². The molecule has 0 radical (unpaired) electrons. The second-order valence-corrected chi connectivity index (χ2v) is 5.00. The van der Waals surface area contributed by atoms with Crippen molar-refractivity contribution in [2.45, 2.75) is 31.0 Å². The highest BCUT2D eigenvalue weighted by atomic mass is 32.2. The van der Waals surface area contributed by atoms with Crippen LogP contribution in [0.1, 0.15) is 17.5 Å². The average Bonchev–Trinajstić information content (AvgIpc) is 2.14. The lowest BCUT2D eigenvalue weighted by Crippen LogP contribution is -2.07. The van der Waals surface area contributed by atoms with Gasteiger partial charge in [-0.3, -0.25) is 4.55 Å². The van der Waals surface area contributed by atoms with Crippen molar-refractivity contribution in [2.75, 3.05) is 0 Å². The Balaban J connectivity index is 3.00. The standard InChI is InChI=1S/C10H14O5S/c1-7-2-4-9(16(13,14)15)6-8(7)3-5-10(11)12/h2,4,6,10-12H,3,5H2,1H3,(H,13,14,15). The van der Waals surface area contributed by atoms with Crippen LogP contribution in [0.2, 0.25) is 0 Å². The molecule has 0 fully saturated rings. The Morgan fingerprint density at radius 2 is 1.94 bits per heavy atom. The fourth-order valence-corrected chi connectivity index (χ4v) is 1.89. The summed E-state index contributed by atoms with van der Waals surface area (Å²) in [6.45, 7) is 1.78. The predicted molar refractivity (Wildman–Crippen MR) is 57.5 cm³/mol. The topological polar surface area (TPSA) is 94.8 Å². The molecule has 0 aliphatic carbocycles. The third-order valence-electron chi connectivity index (χ3n) is 2.29. The van der Waals surface area contributed by atoms with Crippen molar-refractivity contribution in [3.63, 3.8) is 0 Å². The van der Waals surface area contributed by atoms with Gasteiger partial charge in [0.1, 0.15) is 0 Å². The molecule has 0 spiro atoms. The van der Waals surface area contributed by atoms with Gasteiger partial charge in [0, 0.05) is 6.42 Å². The number of rotatable bonds is 4. The summed E-state index contributed by atoms with van der Waals surface area (Å²) in [6, 6.07) is 4.22. The van der Waals surface area contributed by atoms with Gasteiger partial charge in [0.15, 0.2) is 6.29 Å². The van der Waals surface area contributed by atoms with Crippen molar-refractivity contribution in [1.29, 1.82) is 0 Å². The van der Waals surface area contributed by atoms with E-state index in [0.717, 1.165) is 5.56 Å². The number of aliphatic hydroxyl groups excluding tert-OH is 1. The van der Waals surface area contributed by atoms with Gasteiger partial charge in [0.2, 0.25) is 0 Å². The molecule has 0 aliphatic heterocycles. The normalized spacial score (nSPS) is 12.1. The van der Waals surface area contributed by atoms with E-state index in [0.29, 0.717) is 12.0 Å². The predicted octanol–water partition coefficient (Wildman–Crippen LogP) is 0.485. The molecule has 0 atom stereocenters. The second-order valence-electron chi connectivity index (χ2n) is 3.58. The maximum absolute atomic E-state index is 10.9. The third-order valence-corrected chi connectivity index (χ3v) is 3.14. The number of aryl methyl sites for hydroxylation is 2. The van der Waals surface area contributed by atoms with Crippen LogP contribution in [0.15, 0.2) is 23.1 Å². The molecule has 0 heterocycles. The Kier molecular flexibility index (Phi) is 4.03. The number of hydrogen-bond donors (Lipinski definition) is 3. The van der Waals surface area contributed by atoms with E-state index in [4.69, 9.17) is 14.8 Å². The van der Waals surface area contributed by atoms with Gasteiger partial charge in [-0.05, 0) is 36.6 Å². The highest BCUT2D eigenvalue weighted by Crippen LogP contribution is 2.17. The molecule has 3 N–H and O–H groups in total. The second kappa shape index (κ2) is 4.92. The molecule has 16 heavy (non-hydrogen) atoms. The lowest BCUT2D eigenvalue weighted by molar-refractivity contribution is -0.0447. The summed E-state index contributed by atoms with van der Waals surface area (Å²) in [6.07, 6.45) is -0.961. The van der Waals surface area contributed by atoms with Crippen molar-refractivity contribution in [1.82, 2.24) is 0 Å².